The Balaban J connectivity index is 2.02. The largest absolute Gasteiger partial charge is 0.361 e. The van der Waals surface area contributed by atoms with Gasteiger partial charge in [-0.25, -0.2) is 0 Å². The summed E-state index contributed by atoms with van der Waals surface area (Å²) >= 11 is 0. The Bertz CT molecular complexity index is 708. The fourth-order valence-corrected chi connectivity index (χ4v) is 2.06. The van der Waals surface area contributed by atoms with Crippen molar-refractivity contribution in [3.63, 3.8) is 0 Å². The Morgan fingerprint density at radius 3 is 2.78 bits per heavy atom. The van der Waals surface area contributed by atoms with Crippen LogP contribution in [-0.2, 0) is 0 Å². The number of aryl methyl sites for hydroxylation is 1. The number of hydrogen-bond acceptors (Lipinski definition) is 1. The van der Waals surface area contributed by atoms with Gasteiger partial charge in [0.1, 0.15) is 0 Å². The molecule has 0 saturated carbocycles. The van der Waals surface area contributed by atoms with E-state index in [0.29, 0.717) is 0 Å². The molecule has 0 radical (unpaired) electrons. The van der Waals surface area contributed by atoms with E-state index in [1.54, 1.807) is 0 Å². The number of nitrogens with zero attached hydrogens (tertiary/aromatic N) is 1. The van der Waals surface area contributed by atoms with Crippen molar-refractivity contribution in [1.82, 2.24) is 4.98 Å². The van der Waals surface area contributed by atoms with Gasteiger partial charge in [-0.15, -0.1) is 0 Å². The summed E-state index contributed by atoms with van der Waals surface area (Å²) in [5.74, 6) is 0. The first-order valence-corrected chi connectivity index (χ1v) is 6.00. The van der Waals surface area contributed by atoms with E-state index in [-0.39, 0.29) is 0 Å². The molecule has 1 heterocycles. The highest BCUT2D eigenvalue weighted by atomic mass is 14.7. The Hall–Kier alpha value is -2.35. The van der Waals surface area contributed by atoms with Crippen LogP contribution in [-0.4, -0.2) is 11.2 Å². The van der Waals surface area contributed by atoms with Crippen LogP contribution in [0.15, 0.2) is 59.7 Å². The average molecular weight is 234 g/mol. The van der Waals surface area contributed by atoms with Gasteiger partial charge in [-0.2, -0.15) is 0 Å². The summed E-state index contributed by atoms with van der Waals surface area (Å²) in [6.45, 7) is 2.07. The summed E-state index contributed by atoms with van der Waals surface area (Å²) < 4.78 is 0. The maximum atomic E-state index is 4.56. The molecule has 0 spiro atoms. The second-order valence-electron chi connectivity index (χ2n) is 4.33. The molecule has 0 aliphatic rings. The number of aromatic nitrogens is 1. The van der Waals surface area contributed by atoms with E-state index in [0.717, 1.165) is 16.8 Å². The highest BCUT2D eigenvalue weighted by Crippen LogP contribution is 2.19. The SMILES string of the molecule is Cc1ccccc1N=Cc1cccc2cc[nH]c12. The van der Waals surface area contributed by atoms with Crippen molar-refractivity contribution in [3.05, 3.63) is 65.9 Å². The van der Waals surface area contributed by atoms with E-state index in [1.165, 1.54) is 10.9 Å². The zero-order chi connectivity index (χ0) is 12.4. The molecule has 1 N–H and O–H groups in total. The predicted octanol–water partition coefficient (Wildman–Crippen LogP) is 4.23. The van der Waals surface area contributed by atoms with Gasteiger partial charge in [0.15, 0.2) is 0 Å². The lowest BCUT2D eigenvalue weighted by molar-refractivity contribution is 1.40. The van der Waals surface area contributed by atoms with E-state index < -0.39 is 0 Å². The Labute approximate surface area is 106 Å². The van der Waals surface area contributed by atoms with E-state index >= 15 is 0 Å². The van der Waals surface area contributed by atoms with E-state index in [1.807, 2.05) is 30.6 Å². The molecule has 0 aliphatic heterocycles. The van der Waals surface area contributed by atoms with Crippen LogP contribution in [0, 0.1) is 6.92 Å². The standard InChI is InChI=1S/C16H14N2/c1-12-5-2-3-8-15(12)18-11-14-7-4-6-13-9-10-17-16(13)14/h2-11,17H,1H3. The van der Waals surface area contributed by atoms with Gasteiger partial charge in [0.05, 0.1) is 11.2 Å². The number of aromatic amines is 1. The Morgan fingerprint density at radius 1 is 1.00 bits per heavy atom. The van der Waals surface area contributed by atoms with Gasteiger partial charge in [0.25, 0.3) is 0 Å². The van der Waals surface area contributed by atoms with Crippen molar-refractivity contribution >= 4 is 22.8 Å². The summed E-state index contributed by atoms with van der Waals surface area (Å²) in [4.78, 5) is 7.81. The molecule has 0 fully saturated rings. The Morgan fingerprint density at radius 2 is 1.89 bits per heavy atom. The number of para-hydroxylation sites is 2. The van der Waals surface area contributed by atoms with Crippen molar-refractivity contribution in [2.24, 2.45) is 4.99 Å². The smallest absolute Gasteiger partial charge is 0.0659 e. The number of benzene rings is 2. The number of fused-ring (bicyclic) bond motifs is 1. The molecule has 0 unspecified atom stereocenters. The minimum atomic E-state index is 1.01. The summed E-state index contributed by atoms with van der Waals surface area (Å²) in [5, 5.41) is 1.21. The van der Waals surface area contributed by atoms with Gasteiger partial charge < -0.3 is 4.98 Å². The quantitative estimate of drug-likeness (QED) is 0.643. The van der Waals surface area contributed by atoms with Crippen molar-refractivity contribution < 1.29 is 0 Å². The fourth-order valence-electron chi connectivity index (χ4n) is 2.06. The van der Waals surface area contributed by atoms with Crippen LogP contribution in [0.4, 0.5) is 5.69 Å². The van der Waals surface area contributed by atoms with Gasteiger partial charge in [0, 0.05) is 23.4 Å². The van der Waals surface area contributed by atoms with Crippen molar-refractivity contribution in [2.45, 2.75) is 6.92 Å². The molecule has 0 aliphatic carbocycles. The molecule has 0 atom stereocenters. The van der Waals surface area contributed by atoms with Gasteiger partial charge in [-0.05, 0) is 24.6 Å². The lowest BCUT2D eigenvalue weighted by Gasteiger charge is -1.99. The van der Waals surface area contributed by atoms with Crippen molar-refractivity contribution in [2.75, 3.05) is 0 Å². The number of nitrogens with one attached hydrogen (secondary N) is 1. The molecule has 3 rings (SSSR count). The third kappa shape index (κ3) is 1.93. The van der Waals surface area contributed by atoms with Crippen molar-refractivity contribution in [1.29, 1.82) is 0 Å². The first-order valence-electron chi connectivity index (χ1n) is 6.00. The molecule has 2 aromatic carbocycles. The highest BCUT2D eigenvalue weighted by molar-refractivity contribution is 5.98. The van der Waals surface area contributed by atoms with Gasteiger partial charge >= 0.3 is 0 Å². The van der Waals surface area contributed by atoms with Crippen LogP contribution < -0.4 is 0 Å². The van der Waals surface area contributed by atoms with E-state index in [4.69, 9.17) is 0 Å². The summed E-state index contributed by atoms with van der Waals surface area (Å²) in [6.07, 6.45) is 3.87. The Kier molecular flexibility index (Phi) is 2.69. The first kappa shape index (κ1) is 10.8. The third-order valence-corrected chi connectivity index (χ3v) is 3.08. The normalized spacial score (nSPS) is 11.4. The molecule has 0 bridgehead atoms. The second-order valence-corrected chi connectivity index (χ2v) is 4.33. The third-order valence-electron chi connectivity index (χ3n) is 3.08. The lowest BCUT2D eigenvalue weighted by atomic mass is 10.1. The average Bonchev–Trinajstić information content (AvgIpc) is 2.86. The summed E-state index contributed by atoms with van der Waals surface area (Å²) in [6, 6.07) is 16.4. The number of rotatable bonds is 2. The van der Waals surface area contributed by atoms with Gasteiger partial charge in [0.2, 0.25) is 0 Å². The van der Waals surface area contributed by atoms with Crippen LogP contribution in [0.3, 0.4) is 0 Å². The summed E-state index contributed by atoms with van der Waals surface area (Å²) in [7, 11) is 0. The molecule has 2 nitrogen and oxygen atoms in total. The zero-order valence-electron chi connectivity index (χ0n) is 10.2. The van der Waals surface area contributed by atoms with E-state index in [2.05, 4.69) is 47.2 Å². The maximum absolute atomic E-state index is 4.56. The zero-order valence-corrected chi connectivity index (χ0v) is 10.2. The monoisotopic (exact) mass is 234 g/mol. The molecule has 3 aromatic rings. The van der Waals surface area contributed by atoms with Crippen LogP contribution in [0.5, 0.6) is 0 Å². The van der Waals surface area contributed by atoms with Crippen LogP contribution in [0.25, 0.3) is 10.9 Å². The van der Waals surface area contributed by atoms with Gasteiger partial charge in [-0.3, -0.25) is 4.99 Å². The molecule has 1 aromatic heterocycles. The summed E-state index contributed by atoms with van der Waals surface area (Å²) in [5.41, 5.74) is 4.45. The second kappa shape index (κ2) is 4.49. The number of H-pyrrole nitrogens is 1. The maximum Gasteiger partial charge on any atom is 0.0659 e. The minimum absolute atomic E-state index is 1.01. The molecule has 2 heteroatoms. The van der Waals surface area contributed by atoms with Crippen molar-refractivity contribution in [3.8, 4) is 0 Å². The van der Waals surface area contributed by atoms with Crippen LogP contribution in [0.1, 0.15) is 11.1 Å². The van der Waals surface area contributed by atoms with E-state index in [9.17, 15) is 0 Å². The minimum Gasteiger partial charge on any atom is -0.361 e. The molecular formula is C16H14N2. The molecule has 0 amide bonds. The van der Waals surface area contributed by atoms with Gasteiger partial charge in [-0.1, -0.05) is 36.4 Å². The first-order chi connectivity index (χ1) is 8.84. The topological polar surface area (TPSA) is 28.1 Å². The number of hydrogen-bond donors (Lipinski definition) is 1. The highest BCUT2D eigenvalue weighted by Gasteiger charge is 1.99. The molecule has 0 saturated heterocycles. The van der Waals surface area contributed by atoms with Crippen LogP contribution >= 0.6 is 0 Å². The molecular weight excluding hydrogens is 220 g/mol. The predicted molar refractivity (Wildman–Crippen MR) is 76.7 cm³/mol. The number of aliphatic imine (C=N–C) groups is 1. The van der Waals surface area contributed by atoms with Crippen LogP contribution in [0.2, 0.25) is 0 Å². The fraction of sp³-hybridized carbons (Fsp3) is 0.0625. The molecule has 18 heavy (non-hydrogen) atoms. The lowest BCUT2D eigenvalue weighted by Crippen LogP contribution is -1.83. The molecule has 88 valence electrons.